The molecule has 0 atom stereocenters. The highest BCUT2D eigenvalue weighted by Gasteiger charge is 2.28. The molecule has 2 N–H and O–H groups in total. The van der Waals surface area contributed by atoms with Gasteiger partial charge >= 0.3 is 0 Å². The standard InChI is InChI=1S/C21H29N3O4/c1-27-18-11-17(12-19(13-18)28-2)21(26)24-9-5-16(6-10-24)20(25)23-14-15-3-7-22-8-4-15/h3,11-13,16,22H,4-10,14H2,1-2H3,(H,23,25). The third-order valence-corrected chi connectivity index (χ3v) is 5.40. The Morgan fingerprint density at radius 1 is 1.14 bits per heavy atom. The minimum Gasteiger partial charge on any atom is -0.497 e. The third-order valence-electron chi connectivity index (χ3n) is 5.40. The summed E-state index contributed by atoms with van der Waals surface area (Å²) < 4.78 is 10.5. The fourth-order valence-electron chi connectivity index (χ4n) is 3.63. The van der Waals surface area contributed by atoms with Gasteiger partial charge in [0.2, 0.25) is 5.91 Å². The molecule has 1 aromatic rings. The first-order valence-corrected chi connectivity index (χ1v) is 9.79. The lowest BCUT2D eigenvalue weighted by molar-refractivity contribution is -0.126. The fourth-order valence-corrected chi connectivity index (χ4v) is 3.63. The predicted octanol–water partition coefficient (Wildman–Crippen LogP) is 1.59. The van der Waals surface area contributed by atoms with Gasteiger partial charge in [-0.2, -0.15) is 0 Å². The summed E-state index contributed by atoms with van der Waals surface area (Å²) in [6, 6.07) is 5.18. The van der Waals surface area contributed by atoms with Crippen molar-refractivity contribution < 1.29 is 19.1 Å². The van der Waals surface area contributed by atoms with Gasteiger partial charge in [-0.15, -0.1) is 0 Å². The average molecular weight is 387 g/mol. The molecule has 2 heterocycles. The molecule has 0 radical (unpaired) electrons. The number of nitrogens with one attached hydrogen (secondary N) is 2. The van der Waals surface area contributed by atoms with Gasteiger partial charge in [-0.1, -0.05) is 11.6 Å². The van der Waals surface area contributed by atoms with Crippen LogP contribution in [0.3, 0.4) is 0 Å². The van der Waals surface area contributed by atoms with Gasteiger partial charge < -0.3 is 25.0 Å². The molecule has 3 rings (SSSR count). The van der Waals surface area contributed by atoms with E-state index in [2.05, 4.69) is 16.7 Å². The number of nitrogens with zero attached hydrogens (tertiary/aromatic N) is 1. The van der Waals surface area contributed by atoms with Crippen LogP contribution in [0, 0.1) is 5.92 Å². The summed E-state index contributed by atoms with van der Waals surface area (Å²) in [6.07, 6.45) is 4.49. The van der Waals surface area contributed by atoms with Gasteiger partial charge in [-0.05, 0) is 37.9 Å². The van der Waals surface area contributed by atoms with E-state index in [1.807, 2.05) is 0 Å². The Morgan fingerprint density at radius 3 is 2.39 bits per heavy atom. The van der Waals surface area contributed by atoms with Gasteiger partial charge in [0.15, 0.2) is 0 Å². The SMILES string of the molecule is COc1cc(OC)cc(C(=O)N2CCC(C(=O)NCC3=CCNCC3)CC2)c1. The average Bonchev–Trinajstić information content (AvgIpc) is 2.77. The summed E-state index contributed by atoms with van der Waals surface area (Å²) >= 11 is 0. The predicted molar refractivity (Wildman–Crippen MR) is 107 cm³/mol. The molecular formula is C21H29N3O4. The second kappa shape index (κ2) is 9.59. The van der Waals surface area contributed by atoms with Crippen molar-refractivity contribution >= 4 is 11.8 Å². The topological polar surface area (TPSA) is 79.9 Å². The monoisotopic (exact) mass is 387 g/mol. The van der Waals surface area contributed by atoms with Gasteiger partial charge in [-0.25, -0.2) is 0 Å². The lowest BCUT2D eigenvalue weighted by Crippen LogP contribution is -2.43. The van der Waals surface area contributed by atoms with E-state index in [-0.39, 0.29) is 17.7 Å². The van der Waals surface area contributed by atoms with Crippen molar-refractivity contribution in [2.75, 3.05) is 46.9 Å². The first-order valence-electron chi connectivity index (χ1n) is 9.79. The molecule has 0 aromatic heterocycles. The van der Waals surface area contributed by atoms with Crippen LogP contribution in [0.5, 0.6) is 11.5 Å². The maximum Gasteiger partial charge on any atom is 0.254 e. The molecule has 0 unspecified atom stereocenters. The van der Waals surface area contributed by atoms with Crippen molar-refractivity contribution in [1.82, 2.24) is 15.5 Å². The van der Waals surface area contributed by atoms with Crippen molar-refractivity contribution in [2.24, 2.45) is 5.92 Å². The van der Waals surface area contributed by atoms with Crippen LogP contribution < -0.4 is 20.1 Å². The molecular weight excluding hydrogens is 358 g/mol. The highest BCUT2D eigenvalue weighted by Crippen LogP contribution is 2.25. The van der Waals surface area contributed by atoms with Crippen LogP contribution in [0.1, 0.15) is 29.6 Å². The lowest BCUT2D eigenvalue weighted by Gasteiger charge is -2.31. The van der Waals surface area contributed by atoms with Crippen LogP contribution >= 0.6 is 0 Å². The number of benzene rings is 1. The Morgan fingerprint density at radius 2 is 1.82 bits per heavy atom. The van der Waals surface area contributed by atoms with Gasteiger partial charge in [0.05, 0.1) is 14.2 Å². The van der Waals surface area contributed by atoms with Crippen LogP contribution in [0.15, 0.2) is 29.8 Å². The summed E-state index contributed by atoms with van der Waals surface area (Å²) in [7, 11) is 3.13. The third kappa shape index (κ3) is 5.04. The van der Waals surface area contributed by atoms with Crippen molar-refractivity contribution in [3.63, 3.8) is 0 Å². The van der Waals surface area contributed by atoms with Crippen molar-refractivity contribution in [3.05, 3.63) is 35.4 Å². The summed E-state index contributed by atoms with van der Waals surface area (Å²) in [4.78, 5) is 27.1. The van der Waals surface area contributed by atoms with E-state index in [9.17, 15) is 9.59 Å². The zero-order chi connectivity index (χ0) is 19.9. The quantitative estimate of drug-likeness (QED) is 0.725. The van der Waals surface area contributed by atoms with Crippen LogP contribution in [-0.2, 0) is 4.79 Å². The summed E-state index contributed by atoms with van der Waals surface area (Å²) in [5, 5.41) is 6.32. The molecule has 0 aliphatic carbocycles. The second-order valence-electron chi connectivity index (χ2n) is 7.20. The van der Waals surface area contributed by atoms with Crippen molar-refractivity contribution in [3.8, 4) is 11.5 Å². The van der Waals surface area contributed by atoms with E-state index < -0.39 is 0 Å². The zero-order valence-electron chi connectivity index (χ0n) is 16.6. The molecule has 1 saturated heterocycles. The smallest absolute Gasteiger partial charge is 0.254 e. The molecule has 0 saturated carbocycles. The highest BCUT2D eigenvalue weighted by atomic mass is 16.5. The lowest BCUT2D eigenvalue weighted by atomic mass is 9.95. The molecule has 2 aliphatic rings. The maximum absolute atomic E-state index is 12.8. The maximum atomic E-state index is 12.8. The summed E-state index contributed by atoms with van der Waals surface area (Å²) in [6.45, 7) is 3.62. The molecule has 28 heavy (non-hydrogen) atoms. The van der Waals surface area contributed by atoms with Crippen LogP contribution in [0.2, 0.25) is 0 Å². The highest BCUT2D eigenvalue weighted by molar-refractivity contribution is 5.95. The zero-order valence-corrected chi connectivity index (χ0v) is 16.6. The molecule has 2 aliphatic heterocycles. The second-order valence-corrected chi connectivity index (χ2v) is 7.20. The Balaban J connectivity index is 1.52. The number of amides is 2. The number of carbonyl (C=O) groups excluding carboxylic acids is 2. The van der Waals surface area contributed by atoms with Crippen LogP contribution in [0.4, 0.5) is 0 Å². The number of likely N-dealkylation sites (tertiary alicyclic amines) is 1. The normalized spacial score (nSPS) is 17.6. The van der Waals surface area contributed by atoms with Crippen LogP contribution in [0.25, 0.3) is 0 Å². The molecule has 2 amide bonds. The van der Waals surface area contributed by atoms with Gasteiger partial charge in [0.1, 0.15) is 11.5 Å². The van der Waals surface area contributed by atoms with Gasteiger partial charge in [-0.3, -0.25) is 9.59 Å². The Hall–Kier alpha value is -2.54. The Bertz CT molecular complexity index is 717. The number of methoxy groups -OCH3 is 2. The van der Waals surface area contributed by atoms with E-state index in [1.54, 1.807) is 37.3 Å². The number of hydrogen-bond acceptors (Lipinski definition) is 5. The van der Waals surface area contributed by atoms with Gasteiger partial charge in [0.25, 0.3) is 5.91 Å². The number of rotatable bonds is 6. The first kappa shape index (κ1) is 20.2. The molecule has 7 nitrogen and oxygen atoms in total. The van der Waals surface area contributed by atoms with Crippen molar-refractivity contribution in [1.29, 1.82) is 0 Å². The summed E-state index contributed by atoms with van der Waals surface area (Å²) in [5.74, 6) is 1.17. The van der Waals surface area contributed by atoms with E-state index >= 15 is 0 Å². The number of piperidine rings is 1. The van der Waals surface area contributed by atoms with Crippen molar-refractivity contribution in [2.45, 2.75) is 19.3 Å². The molecule has 1 fully saturated rings. The molecule has 1 aromatic carbocycles. The van der Waals surface area contributed by atoms with E-state index in [4.69, 9.17) is 9.47 Å². The van der Waals surface area contributed by atoms with E-state index in [1.165, 1.54) is 5.57 Å². The fraction of sp³-hybridized carbons (Fsp3) is 0.524. The van der Waals surface area contributed by atoms with Gasteiger partial charge in [0, 0.05) is 43.7 Å². The summed E-state index contributed by atoms with van der Waals surface area (Å²) in [5.41, 5.74) is 1.82. The Kier molecular flexibility index (Phi) is 6.92. The van der Waals surface area contributed by atoms with E-state index in [0.717, 1.165) is 19.5 Å². The number of hydrogen-bond donors (Lipinski definition) is 2. The Labute approximate surface area is 166 Å². The molecule has 7 heteroatoms. The van der Waals surface area contributed by atoms with Crippen LogP contribution in [-0.4, -0.2) is 63.7 Å². The minimum atomic E-state index is -0.0593. The number of carbonyl (C=O) groups is 2. The molecule has 0 spiro atoms. The largest absolute Gasteiger partial charge is 0.497 e. The van der Waals surface area contributed by atoms with E-state index in [0.29, 0.717) is 49.5 Å². The first-order chi connectivity index (χ1) is 13.6. The minimum absolute atomic E-state index is 0.0359. The molecule has 0 bridgehead atoms. The molecule has 152 valence electrons. The number of ether oxygens (including phenoxy) is 2.